The molecule has 0 radical (unpaired) electrons. The Hall–Kier alpha value is -2.70. The summed E-state index contributed by atoms with van der Waals surface area (Å²) in [5.74, 6) is 0. The van der Waals surface area contributed by atoms with Crippen LogP contribution in [0.1, 0.15) is 32.1 Å². The number of nitrogens with one attached hydrogen (secondary N) is 2. The second kappa shape index (κ2) is 5.19. The summed E-state index contributed by atoms with van der Waals surface area (Å²) >= 11 is 0. The van der Waals surface area contributed by atoms with Crippen LogP contribution in [0.25, 0.3) is 16.9 Å². The fourth-order valence-electron chi connectivity index (χ4n) is 2.91. The number of fused-ring (bicyclic) bond motifs is 1. The Morgan fingerprint density at radius 1 is 1.13 bits per heavy atom. The molecule has 0 bridgehead atoms. The van der Waals surface area contributed by atoms with Gasteiger partial charge in [-0.3, -0.25) is 9.78 Å². The van der Waals surface area contributed by atoms with Gasteiger partial charge in [0.05, 0.1) is 11.3 Å². The molecule has 2 fully saturated rings. The van der Waals surface area contributed by atoms with E-state index in [2.05, 4.69) is 20.1 Å². The predicted molar refractivity (Wildman–Crippen MR) is 85.2 cm³/mol. The third-order valence-corrected chi connectivity index (χ3v) is 4.72. The van der Waals surface area contributed by atoms with Crippen LogP contribution < -0.4 is 11.2 Å². The Labute approximate surface area is 131 Å². The lowest BCUT2D eigenvalue weighted by molar-refractivity contribution is 0.289. The molecule has 3 aromatic heterocycles. The minimum Gasteiger partial charge on any atom is -0.313 e. The van der Waals surface area contributed by atoms with Gasteiger partial charge in [0.1, 0.15) is 0 Å². The summed E-state index contributed by atoms with van der Waals surface area (Å²) in [4.78, 5) is 31.1. The molecule has 2 N–H and O–H groups in total. The van der Waals surface area contributed by atoms with Crippen molar-refractivity contribution in [3.05, 3.63) is 51.6 Å². The molecule has 0 amide bonds. The van der Waals surface area contributed by atoms with Gasteiger partial charge in [-0.15, -0.1) is 0 Å². The first kappa shape index (κ1) is 13.9. The van der Waals surface area contributed by atoms with E-state index in [1.807, 2.05) is 0 Å². The molecular weight excluding hydrogens is 294 g/mol. The predicted octanol–water partition coefficient (Wildman–Crippen LogP) is 1.72. The quantitative estimate of drug-likeness (QED) is 0.715. The van der Waals surface area contributed by atoms with E-state index in [-0.39, 0.29) is 0 Å². The lowest BCUT2D eigenvalue weighted by Crippen LogP contribution is -2.22. The van der Waals surface area contributed by atoms with Gasteiger partial charge in [-0.1, -0.05) is 6.42 Å². The van der Waals surface area contributed by atoms with Crippen molar-refractivity contribution in [2.45, 2.75) is 32.1 Å². The van der Waals surface area contributed by atoms with E-state index in [0.717, 1.165) is 5.41 Å². The zero-order valence-electron chi connectivity index (χ0n) is 12.6. The highest BCUT2D eigenvalue weighted by Gasteiger charge is 2.46. The Morgan fingerprint density at radius 2 is 1.96 bits per heavy atom. The first-order valence-electron chi connectivity index (χ1n) is 7.78. The molecule has 0 atom stereocenters. The molecule has 0 aromatic carbocycles. The molecular formula is C16H17N5O2. The van der Waals surface area contributed by atoms with Gasteiger partial charge in [-0.05, 0) is 43.2 Å². The van der Waals surface area contributed by atoms with Crippen molar-refractivity contribution in [3.63, 3.8) is 0 Å². The Kier molecular flexibility index (Phi) is 3.14. The summed E-state index contributed by atoms with van der Waals surface area (Å²) in [5.41, 5.74) is 1.42. The average Bonchev–Trinajstić information content (AvgIpc) is 3.20. The van der Waals surface area contributed by atoms with Crippen molar-refractivity contribution in [3.8, 4) is 11.3 Å². The SMILES string of the molecule is C1CC2(C1)CC2.O=c1[nH]cc(-c2ccc3nccn3n2)c(=O)[nH]1. The number of nitrogens with zero attached hydrogens (tertiary/aromatic N) is 3. The second-order valence-corrected chi connectivity index (χ2v) is 6.29. The molecule has 0 saturated heterocycles. The minimum absolute atomic E-state index is 0.306. The van der Waals surface area contributed by atoms with Gasteiger partial charge >= 0.3 is 5.69 Å². The Bertz CT molecular complexity index is 958. The lowest BCUT2D eigenvalue weighted by atomic mass is 9.82. The van der Waals surface area contributed by atoms with Crippen LogP contribution >= 0.6 is 0 Å². The smallest absolute Gasteiger partial charge is 0.313 e. The summed E-state index contributed by atoms with van der Waals surface area (Å²) in [6.45, 7) is 0. The molecule has 7 heteroatoms. The molecule has 3 aromatic rings. The summed E-state index contributed by atoms with van der Waals surface area (Å²) in [7, 11) is 0. The third-order valence-electron chi connectivity index (χ3n) is 4.72. The van der Waals surface area contributed by atoms with Crippen LogP contribution in [0.15, 0.2) is 40.3 Å². The molecule has 2 aliphatic rings. The van der Waals surface area contributed by atoms with Crippen molar-refractivity contribution < 1.29 is 0 Å². The highest BCUT2D eigenvalue weighted by atomic mass is 16.2. The number of aromatic amines is 2. The van der Waals surface area contributed by atoms with Gasteiger partial charge in [-0.25, -0.2) is 14.3 Å². The minimum atomic E-state index is -0.539. The highest BCUT2D eigenvalue weighted by molar-refractivity contribution is 5.57. The third kappa shape index (κ3) is 2.69. The van der Waals surface area contributed by atoms with Crippen LogP contribution in [0.5, 0.6) is 0 Å². The Balaban J connectivity index is 0.000000186. The molecule has 2 aliphatic carbocycles. The molecule has 3 heterocycles. The standard InChI is InChI=1S/C10H7N5O2.C6H10/c16-9-6(5-12-10(17)13-9)7-1-2-8-11-3-4-15(8)14-7;1-2-6(3-1)4-5-6/h1-5H,(H2,12,13,16,17);1-5H2. The van der Waals surface area contributed by atoms with Gasteiger partial charge < -0.3 is 4.98 Å². The van der Waals surface area contributed by atoms with E-state index in [9.17, 15) is 9.59 Å². The van der Waals surface area contributed by atoms with E-state index < -0.39 is 11.2 Å². The van der Waals surface area contributed by atoms with Crippen LogP contribution in [0, 0.1) is 5.41 Å². The van der Waals surface area contributed by atoms with Crippen molar-refractivity contribution in [1.82, 2.24) is 24.6 Å². The van der Waals surface area contributed by atoms with E-state index in [0.29, 0.717) is 16.9 Å². The van der Waals surface area contributed by atoms with Gasteiger partial charge in [-0.2, -0.15) is 5.10 Å². The molecule has 2 saturated carbocycles. The number of rotatable bonds is 1. The largest absolute Gasteiger partial charge is 0.325 e. The van der Waals surface area contributed by atoms with Crippen LogP contribution in [0.2, 0.25) is 0 Å². The maximum atomic E-state index is 11.6. The first-order chi connectivity index (χ1) is 11.2. The van der Waals surface area contributed by atoms with Crippen LogP contribution in [0.4, 0.5) is 0 Å². The van der Waals surface area contributed by atoms with Crippen molar-refractivity contribution >= 4 is 5.65 Å². The van der Waals surface area contributed by atoms with E-state index in [4.69, 9.17) is 0 Å². The number of aromatic nitrogens is 5. The van der Waals surface area contributed by atoms with E-state index >= 15 is 0 Å². The van der Waals surface area contributed by atoms with Crippen LogP contribution in [-0.4, -0.2) is 24.6 Å². The van der Waals surface area contributed by atoms with Crippen molar-refractivity contribution in [1.29, 1.82) is 0 Å². The molecule has 7 nitrogen and oxygen atoms in total. The molecule has 5 rings (SSSR count). The Morgan fingerprint density at radius 3 is 2.57 bits per heavy atom. The summed E-state index contributed by atoms with van der Waals surface area (Å²) < 4.78 is 1.56. The zero-order chi connectivity index (χ0) is 15.9. The van der Waals surface area contributed by atoms with Crippen molar-refractivity contribution in [2.75, 3.05) is 0 Å². The molecule has 23 heavy (non-hydrogen) atoms. The lowest BCUT2D eigenvalue weighted by Gasteiger charge is -2.23. The van der Waals surface area contributed by atoms with Crippen molar-refractivity contribution in [2.24, 2.45) is 5.41 Å². The summed E-state index contributed by atoms with van der Waals surface area (Å²) in [6.07, 6.45) is 12.4. The number of hydrogen-bond donors (Lipinski definition) is 2. The van der Waals surface area contributed by atoms with Gasteiger partial charge in [0.15, 0.2) is 5.65 Å². The topological polar surface area (TPSA) is 95.9 Å². The van der Waals surface area contributed by atoms with Gasteiger partial charge in [0.25, 0.3) is 5.56 Å². The zero-order valence-corrected chi connectivity index (χ0v) is 12.6. The monoisotopic (exact) mass is 311 g/mol. The summed E-state index contributed by atoms with van der Waals surface area (Å²) in [5, 5.41) is 4.21. The van der Waals surface area contributed by atoms with E-state index in [1.54, 1.807) is 54.7 Å². The molecule has 1 spiro atoms. The normalized spacial score (nSPS) is 17.4. The van der Waals surface area contributed by atoms with E-state index in [1.165, 1.54) is 12.6 Å². The fourth-order valence-corrected chi connectivity index (χ4v) is 2.91. The highest BCUT2D eigenvalue weighted by Crippen LogP contribution is 2.60. The number of imidazole rings is 1. The molecule has 118 valence electrons. The maximum absolute atomic E-state index is 11.6. The van der Waals surface area contributed by atoms with Crippen LogP contribution in [0.3, 0.4) is 0 Å². The second-order valence-electron chi connectivity index (χ2n) is 6.29. The first-order valence-corrected chi connectivity index (χ1v) is 7.78. The number of hydrogen-bond acceptors (Lipinski definition) is 4. The summed E-state index contributed by atoms with van der Waals surface area (Å²) in [6, 6.07) is 3.41. The maximum Gasteiger partial charge on any atom is 0.325 e. The number of H-pyrrole nitrogens is 2. The van der Waals surface area contributed by atoms with Gasteiger partial charge in [0, 0.05) is 18.6 Å². The molecule has 0 unspecified atom stereocenters. The van der Waals surface area contributed by atoms with Gasteiger partial charge in [0.2, 0.25) is 0 Å². The van der Waals surface area contributed by atoms with Crippen LogP contribution in [-0.2, 0) is 0 Å². The molecule has 0 aliphatic heterocycles. The fraction of sp³-hybridized carbons (Fsp3) is 0.375. The average molecular weight is 311 g/mol.